The quantitative estimate of drug-likeness (QED) is 0.516. The topological polar surface area (TPSA) is 44.5 Å². The molecule has 0 spiro atoms. The van der Waals surface area contributed by atoms with Gasteiger partial charge in [0, 0.05) is 5.56 Å². The van der Waals surface area contributed by atoms with Gasteiger partial charge in [-0.15, -0.1) is 0 Å². The fourth-order valence-electron chi connectivity index (χ4n) is 2.93. The molecule has 25 heavy (non-hydrogen) atoms. The summed E-state index contributed by atoms with van der Waals surface area (Å²) in [5, 5.41) is 0. The van der Waals surface area contributed by atoms with Crippen molar-refractivity contribution in [1.82, 2.24) is 4.98 Å². The van der Waals surface area contributed by atoms with Crippen LogP contribution < -0.4 is 9.47 Å². The van der Waals surface area contributed by atoms with Crippen LogP contribution in [0.2, 0.25) is 0 Å². The average molecular weight is 333 g/mol. The van der Waals surface area contributed by atoms with Crippen LogP contribution in [0, 0.1) is 5.82 Å². The number of oxazole rings is 1. The molecule has 5 heteroatoms. The van der Waals surface area contributed by atoms with Crippen LogP contribution in [0.3, 0.4) is 0 Å². The van der Waals surface area contributed by atoms with Gasteiger partial charge in [-0.25, -0.2) is 9.37 Å². The van der Waals surface area contributed by atoms with Crippen LogP contribution in [0.25, 0.3) is 33.7 Å². The molecule has 0 N–H and O–H groups in total. The van der Waals surface area contributed by atoms with Gasteiger partial charge in [-0.3, -0.25) is 0 Å². The normalized spacial score (nSPS) is 12.7. The molecule has 0 fully saturated rings. The van der Waals surface area contributed by atoms with Gasteiger partial charge in [-0.1, -0.05) is 18.2 Å². The van der Waals surface area contributed by atoms with Gasteiger partial charge < -0.3 is 13.9 Å². The van der Waals surface area contributed by atoms with Crippen LogP contribution in [-0.2, 0) is 0 Å². The lowest BCUT2D eigenvalue weighted by Gasteiger charge is -2.03. The molecule has 0 saturated heterocycles. The van der Waals surface area contributed by atoms with Crippen molar-refractivity contribution < 1.29 is 18.3 Å². The average Bonchev–Trinajstić information content (AvgIpc) is 3.27. The Morgan fingerprint density at radius 2 is 1.64 bits per heavy atom. The van der Waals surface area contributed by atoms with Crippen LogP contribution in [0.15, 0.2) is 65.1 Å². The molecule has 1 aromatic heterocycles. The lowest BCUT2D eigenvalue weighted by Crippen LogP contribution is -1.92. The van der Waals surface area contributed by atoms with Crippen LogP contribution >= 0.6 is 0 Å². The summed E-state index contributed by atoms with van der Waals surface area (Å²) in [5.74, 6) is 1.56. The second-order valence-corrected chi connectivity index (χ2v) is 5.78. The minimum Gasteiger partial charge on any atom is -0.454 e. The Hall–Kier alpha value is -3.34. The molecular weight excluding hydrogens is 321 g/mol. The Bertz CT molecular complexity index is 1100. The molecule has 1 aliphatic rings. The van der Waals surface area contributed by atoms with E-state index >= 15 is 0 Å². The maximum Gasteiger partial charge on any atom is 0.231 e. The molecule has 2 heterocycles. The van der Waals surface area contributed by atoms with Crippen LogP contribution in [0.1, 0.15) is 0 Å². The lowest BCUT2D eigenvalue weighted by molar-refractivity contribution is 0.174. The van der Waals surface area contributed by atoms with E-state index in [0.717, 1.165) is 28.1 Å². The molecule has 4 nitrogen and oxygen atoms in total. The van der Waals surface area contributed by atoms with E-state index in [4.69, 9.17) is 13.9 Å². The standard InChI is InChI=1S/C20H12FNO3/c21-15-3-1-2-14(8-15)20-22-16-6-4-12(9-18(16)25-20)13-5-7-17-19(10-13)24-11-23-17/h1-10H,11H2. The highest BCUT2D eigenvalue weighted by Gasteiger charge is 2.15. The Labute approximate surface area is 142 Å². The molecule has 3 aromatic carbocycles. The molecule has 0 amide bonds. The highest BCUT2D eigenvalue weighted by atomic mass is 19.1. The largest absolute Gasteiger partial charge is 0.454 e. The maximum atomic E-state index is 13.4. The molecule has 4 aromatic rings. The zero-order valence-corrected chi connectivity index (χ0v) is 13.0. The van der Waals surface area contributed by atoms with Gasteiger partial charge in [0.2, 0.25) is 12.7 Å². The minimum atomic E-state index is -0.319. The van der Waals surface area contributed by atoms with Crippen molar-refractivity contribution >= 4 is 11.1 Å². The molecule has 122 valence electrons. The minimum absolute atomic E-state index is 0.247. The van der Waals surface area contributed by atoms with Crippen molar-refractivity contribution in [2.45, 2.75) is 0 Å². The summed E-state index contributed by atoms with van der Waals surface area (Å²) < 4.78 is 30.0. The van der Waals surface area contributed by atoms with E-state index in [1.54, 1.807) is 12.1 Å². The molecule has 0 atom stereocenters. The van der Waals surface area contributed by atoms with E-state index in [2.05, 4.69) is 4.98 Å². The fourth-order valence-corrected chi connectivity index (χ4v) is 2.93. The van der Waals surface area contributed by atoms with Gasteiger partial charge in [-0.2, -0.15) is 0 Å². The highest BCUT2D eigenvalue weighted by molar-refractivity contribution is 5.82. The van der Waals surface area contributed by atoms with Crippen LogP contribution in [-0.4, -0.2) is 11.8 Å². The predicted molar refractivity (Wildman–Crippen MR) is 91.0 cm³/mol. The third kappa shape index (κ3) is 2.41. The molecule has 5 rings (SSSR count). The summed E-state index contributed by atoms with van der Waals surface area (Å²) in [6.07, 6.45) is 0. The third-order valence-corrected chi connectivity index (χ3v) is 4.17. The third-order valence-electron chi connectivity index (χ3n) is 4.17. The molecule has 0 aliphatic carbocycles. The van der Waals surface area contributed by atoms with Gasteiger partial charge in [-0.05, 0) is 53.6 Å². The van der Waals surface area contributed by atoms with Crippen molar-refractivity contribution in [3.05, 3.63) is 66.5 Å². The fraction of sp³-hybridized carbons (Fsp3) is 0.0500. The number of fused-ring (bicyclic) bond motifs is 2. The van der Waals surface area contributed by atoms with Crippen LogP contribution in [0.5, 0.6) is 11.5 Å². The Kier molecular flexibility index (Phi) is 3.00. The van der Waals surface area contributed by atoms with E-state index in [9.17, 15) is 4.39 Å². The number of aromatic nitrogens is 1. The smallest absolute Gasteiger partial charge is 0.231 e. The van der Waals surface area contributed by atoms with Gasteiger partial charge in [0.25, 0.3) is 0 Å². The van der Waals surface area contributed by atoms with Gasteiger partial charge in [0.1, 0.15) is 11.3 Å². The molecule has 0 radical (unpaired) electrons. The maximum absolute atomic E-state index is 13.4. The van der Waals surface area contributed by atoms with E-state index < -0.39 is 0 Å². The second-order valence-electron chi connectivity index (χ2n) is 5.78. The number of ether oxygens (including phenoxy) is 2. The van der Waals surface area contributed by atoms with E-state index in [1.165, 1.54) is 12.1 Å². The van der Waals surface area contributed by atoms with Crippen molar-refractivity contribution in [3.63, 3.8) is 0 Å². The molecule has 1 aliphatic heterocycles. The van der Waals surface area contributed by atoms with E-state index in [1.807, 2.05) is 36.4 Å². The summed E-state index contributed by atoms with van der Waals surface area (Å²) in [6, 6.07) is 17.8. The molecular formula is C20H12FNO3. The summed E-state index contributed by atoms with van der Waals surface area (Å²) >= 11 is 0. The lowest BCUT2D eigenvalue weighted by atomic mass is 10.0. The Morgan fingerprint density at radius 1 is 0.800 bits per heavy atom. The highest BCUT2D eigenvalue weighted by Crippen LogP contribution is 2.37. The number of rotatable bonds is 2. The van der Waals surface area contributed by atoms with E-state index in [0.29, 0.717) is 17.0 Å². The van der Waals surface area contributed by atoms with Gasteiger partial charge in [0.15, 0.2) is 17.1 Å². The number of hydrogen-bond donors (Lipinski definition) is 0. The molecule has 0 saturated carbocycles. The summed E-state index contributed by atoms with van der Waals surface area (Å²) in [6.45, 7) is 0.247. The summed E-state index contributed by atoms with van der Waals surface area (Å²) in [5.41, 5.74) is 3.96. The van der Waals surface area contributed by atoms with Crippen molar-refractivity contribution in [3.8, 4) is 34.1 Å². The summed E-state index contributed by atoms with van der Waals surface area (Å²) in [4.78, 5) is 4.44. The Morgan fingerprint density at radius 3 is 2.56 bits per heavy atom. The molecule has 0 bridgehead atoms. The second kappa shape index (κ2) is 5.34. The SMILES string of the molecule is Fc1cccc(-c2nc3ccc(-c4ccc5c(c4)OCO5)cc3o2)c1. The van der Waals surface area contributed by atoms with Gasteiger partial charge in [0.05, 0.1) is 0 Å². The number of benzene rings is 3. The zero-order chi connectivity index (χ0) is 16.8. The first-order valence-electron chi connectivity index (χ1n) is 7.83. The van der Waals surface area contributed by atoms with Gasteiger partial charge >= 0.3 is 0 Å². The Balaban J connectivity index is 1.58. The molecule has 0 unspecified atom stereocenters. The first-order valence-corrected chi connectivity index (χ1v) is 7.83. The zero-order valence-electron chi connectivity index (χ0n) is 13.0. The van der Waals surface area contributed by atoms with Crippen molar-refractivity contribution in [2.75, 3.05) is 6.79 Å². The van der Waals surface area contributed by atoms with E-state index in [-0.39, 0.29) is 12.6 Å². The first-order chi connectivity index (χ1) is 12.3. The van der Waals surface area contributed by atoms with Crippen molar-refractivity contribution in [1.29, 1.82) is 0 Å². The van der Waals surface area contributed by atoms with Crippen molar-refractivity contribution in [2.24, 2.45) is 0 Å². The number of nitrogens with zero attached hydrogens (tertiary/aromatic N) is 1. The number of halogens is 1. The number of hydrogen-bond acceptors (Lipinski definition) is 4. The van der Waals surface area contributed by atoms with Crippen LogP contribution in [0.4, 0.5) is 4.39 Å². The summed E-state index contributed by atoms with van der Waals surface area (Å²) in [7, 11) is 0. The predicted octanol–water partition coefficient (Wildman–Crippen LogP) is 5.03. The monoisotopic (exact) mass is 333 g/mol. The first kappa shape index (κ1) is 14.0.